The zero-order chi connectivity index (χ0) is 15.0. The average Bonchev–Trinajstić information content (AvgIpc) is 3.17. The lowest BCUT2D eigenvalue weighted by Gasteiger charge is -2.24. The average molecular weight is 289 g/mol. The molecule has 4 nitrogen and oxygen atoms in total. The summed E-state index contributed by atoms with van der Waals surface area (Å²) in [5.74, 6) is 0.256. The van der Waals surface area contributed by atoms with E-state index in [9.17, 15) is 9.18 Å². The summed E-state index contributed by atoms with van der Waals surface area (Å²) in [6.45, 7) is 0.639. The third-order valence-electron chi connectivity index (χ3n) is 4.13. The summed E-state index contributed by atoms with van der Waals surface area (Å²) in [5, 5.41) is 3.69. The minimum atomic E-state index is -0.296. The van der Waals surface area contributed by atoms with Gasteiger partial charge in [-0.1, -0.05) is 0 Å². The minimum Gasteiger partial charge on any atom is -0.351 e. The Balaban J connectivity index is 1.68. The molecule has 1 aromatic heterocycles. The molecule has 1 fully saturated rings. The van der Waals surface area contributed by atoms with E-state index < -0.39 is 0 Å². The van der Waals surface area contributed by atoms with Crippen LogP contribution in [-0.2, 0) is 0 Å². The van der Waals surface area contributed by atoms with Crippen LogP contribution in [0.25, 0.3) is 10.9 Å². The molecule has 1 aliphatic rings. The molecule has 1 aliphatic carbocycles. The first-order chi connectivity index (χ1) is 10.0. The lowest BCUT2D eigenvalue weighted by molar-refractivity contribution is 0.0934. The molecule has 1 amide bonds. The van der Waals surface area contributed by atoms with Crippen LogP contribution in [0.2, 0.25) is 0 Å². The van der Waals surface area contributed by atoms with Crippen LogP contribution in [-0.4, -0.2) is 42.5 Å². The molecule has 1 aromatic carbocycles. The molecule has 1 saturated carbocycles. The SMILES string of the molecule is CN(C)[C@H](CNC(=O)c1cc2cc(F)ccc2[nH]1)C1CC1. The van der Waals surface area contributed by atoms with E-state index in [0.717, 1.165) is 5.52 Å². The molecule has 5 heteroatoms. The molecule has 21 heavy (non-hydrogen) atoms. The van der Waals surface area contributed by atoms with E-state index in [1.165, 1.54) is 25.0 Å². The Morgan fingerprint density at radius 1 is 1.43 bits per heavy atom. The first-order valence-electron chi connectivity index (χ1n) is 7.27. The Morgan fingerprint density at radius 3 is 2.86 bits per heavy atom. The van der Waals surface area contributed by atoms with Gasteiger partial charge in [0.15, 0.2) is 0 Å². The van der Waals surface area contributed by atoms with Crippen LogP contribution in [0.5, 0.6) is 0 Å². The second kappa shape index (κ2) is 5.48. The number of nitrogens with one attached hydrogen (secondary N) is 2. The predicted molar refractivity (Wildman–Crippen MR) is 80.8 cm³/mol. The lowest BCUT2D eigenvalue weighted by Crippen LogP contribution is -2.41. The molecule has 112 valence electrons. The van der Waals surface area contributed by atoms with Crippen molar-refractivity contribution in [2.24, 2.45) is 5.92 Å². The Hall–Kier alpha value is -1.88. The summed E-state index contributed by atoms with van der Waals surface area (Å²) < 4.78 is 13.2. The fraction of sp³-hybridized carbons (Fsp3) is 0.438. The summed E-state index contributed by atoms with van der Waals surface area (Å²) in [7, 11) is 4.09. The molecule has 0 unspecified atom stereocenters. The van der Waals surface area contributed by atoms with Crippen LogP contribution in [0.1, 0.15) is 23.3 Å². The first kappa shape index (κ1) is 14.1. The number of aromatic nitrogens is 1. The van der Waals surface area contributed by atoms with Gasteiger partial charge in [-0.3, -0.25) is 4.79 Å². The van der Waals surface area contributed by atoms with E-state index in [0.29, 0.717) is 29.6 Å². The number of aromatic amines is 1. The number of halogens is 1. The van der Waals surface area contributed by atoms with Crippen molar-refractivity contribution in [3.8, 4) is 0 Å². The van der Waals surface area contributed by atoms with Gasteiger partial charge < -0.3 is 15.2 Å². The van der Waals surface area contributed by atoms with Crippen LogP contribution < -0.4 is 5.32 Å². The summed E-state index contributed by atoms with van der Waals surface area (Å²) in [6.07, 6.45) is 2.48. The predicted octanol–water partition coefficient (Wildman–Crippen LogP) is 2.38. The zero-order valence-corrected chi connectivity index (χ0v) is 12.3. The molecule has 1 atom stereocenters. The van der Waals surface area contributed by atoms with Crippen molar-refractivity contribution in [3.63, 3.8) is 0 Å². The molecule has 0 radical (unpaired) electrons. The van der Waals surface area contributed by atoms with E-state index in [1.54, 1.807) is 12.1 Å². The van der Waals surface area contributed by atoms with Gasteiger partial charge >= 0.3 is 0 Å². The van der Waals surface area contributed by atoms with Crippen molar-refractivity contribution in [2.75, 3.05) is 20.6 Å². The molecule has 3 rings (SSSR count). The zero-order valence-electron chi connectivity index (χ0n) is 12.3. The number of amides is 1. The topological polar surface area (TPSA) is 48.1 Å². The number of rotatable bonds is 5. The molecule has 0 aliphatic heterocycles. The van der Waals surface area contributed by atoms with E-state index in [-0.39, 0.29) is 11.7 Å². The maximum absolute atomic E-state index is 13.2. The molecule has 0 spiro atoms. The maximum atomic E-state index is 13.2. The fourth-order valence-electron chi connectivity index (χ4n) is 2.77. The van der Waals surface area contributed by atoms with Gasteiger partial charge in [0.2, 0.25) is 0 Å². The van der Waals surface area contributed by atoms with Crippen LogP contribution in [0.3, 0.4) is 0 Å². The van der Waals surface area contributed by atoms with Gasteiger partial charge in [0.1, 0.15) is 11.5 Å². The summed E-state index contributed by atoms with van der Waals surface area (Å²) in [6, 6.07) is 6.53. The summed E-state index contributed by atoms with van der Waals surface area (Å²) in [5.41, 5.74) is 1.25. The molecule has 1 heterocycles. The Labute approximate surface area is 123 Å². The largest absolute Gasteiger partial charge is 0.351 e. The van der Waals surface area contributed by atoms with E-state index in [2.05, 4.69) is 15.2 Å². The fourth-order valence-corrected chi connectivity index (χ4v) is 2.77. The molecule has 0 saturated heterocycles. The highest BCUT2D eigenvalue weighted by Crippen LogP contribution is 2.34. The number of H-pyrrole nitrogens is 1. The summed E-state index contributed by atoms with van der Waals surface area (Å²) >= 11 is 0. The van der Waals surface area contributed by atoms with E-state index in [1.807, 2.05) is 14.1 Å². The maximum Gasteiger partial charge on any atom is 0.267 e. The monoisotopic (exact) mass is 289 g/mol. The number of likely N-dealkylation sites (N-methyl/N-ethyl adjacent to an activating group) is 1. The van der Waals surface area contributed by atoms with Crippen molar-refractivity contribution in [2.45, 2.75) is 18.9 Å². The normalized spacial score (nSPS) is 16.4. The Bertz CT molecular complexity index is 659. The van der Waals surface area contributed by atoms with Gasteiger partial charge in [-0.15, -0.1) is 0 Å². The lowest BCUT2D eigenvalue weighted by atomic mass is 10.1. The van der Waals surface area contributed by atoms with E-state index in [4.69, 9.17) is 0 Å². The number of hydrogen-bond donors (Lipinski definition) is 2. The van der Waals surface area contributed by atoms with Crippen molar-refractivity contribution in [1.82, 2.24) is 15.2 Å². The van der Waals surface area contributed by atoms with Crippen LogP contribution in [0, 0.1) is 11.7 Å². The van der Waals surface area contributed by atoms with Crippen LogP contribution >= 0.6 is 0 Å². The molecule has 0 bridgehead atoms. The molecular formula is C16H20FN3O. The van der Waals surface area contributed by atoms with E-state index >= 15 is 0 Å². The molecule has 2 N–H and O–H groups in total. The standard InChI is InChI=1S/C16H20FN3O/c1-20(2)15(10-3-4-10)9-18-16(21)14-8-11-7-12(17)5-6-13(11)19-14/h5-8,10,15,19H,3-4,9H2,1-2H3,(H,18,21)/t15-/m1/s1. The van der Waals surface area contributed by atoms with Gasteiger partial charge in [0, 0.05) is 23.5 Å². The Kier molecular flexibility index (Phi) is 3.68. The smallest absolute Gasteiger partial charge is 0.267 e. The van der Waals surface area contributed by atoms with Gasteiger partial charge in [0.05, 0.1) is 0 Å². The minimum absolute atomic E-state index is 0.140. The summed E-state index contributed by atoms with van der Waals surface area (Å²) in [4.78, 5) is 17.4. The highest BCUT2D eigenvalue weighted by molar-refractivity contribution is 5.98. The first-order valence-corrected chi connectivity index (χ1v) is 7.27. The number of hydrogen-bond acceptors (Lipinski definition) is 2. The number of carbonyl (C=O) groups excluding carboxylic acids is 1. The van der Waals surface area contributed by atoms with Crippen molar-refractivity contribution in [3.05, 3.63) is 35.8 Å². The van der Waals surface area contributed by atoms with Crippen LogP contribution in [0.4, 0.5) is 4.39 Å². The van der Waals surface area contributed by atoms with Gasteiger partial charge in [-0.05, 0) is 57.1 Å². The second-order valence-electron chi connectivity index (χ2n) is 5.99. The quantitative estimate of drug-likeness (QED) is 0.888. The van der Waals surface area contributed by atoms with Crippen LogP contribution in [0.15, 0.2) is 24.3 Å². The molecule has 2 aromatic rings. The van der Waals surface area contributed by atoms with Gasteiger partial charge in [0.25, 0.3) is 5.91 Å². The van der Waals surface area contributed by atoms with Gasteiger partial charge in [-0.2, -0.15) is 0 Å². The third-order valence-corrected chi connectivity index (χ3v) is 4.13. The highest BCUT2D eigenvalue weighted by atomic mass is 19.1. The number of benzene rings is 1. The number of nitrogens with zero attached hydrogens (tertiary/aromatic N) is 1. The number of carbonyl (C=O) groups is 1. The van der Waals surface area contributed by atoms with Crippen molar-refractivity contribution >= 4 is 16.8 Å². The molecular weight excluding hydrogens is 269 g/mol. The highest BCUT2D eigenvalue weighted by Gasteiger charge is 2.32. The Morgan fingerprint density at radius 2 is 2.19 bits per heavy atom. The van der Waals surface area contributed by atoms with Gasteiger partial charge in [-0.25, -0.2) is 4.39 Å². The number of fused-ring (bicyclic) bond motifs is 1. The second-order valence-corrected chi connectivity index (χ2v) is 5.99. The van der Waals surface area contributed by atoms with Crippen molar-refractivity contribution in [1.29, 1.82) is 0 Å². The third kappa shape index (κ3) is 3.08. The van der Waals surface area contributed by atoms with Crippen molar-refractivity contribution < 1.29 is 9.18 Å².